The third-order valence-corrected chi connectivity index (χ3v) is 3.83. The van der Waals surface area contributed by atoms with Gasteiger partial charge in [-0.1, -0.05) is 24.0 Å². The van der Waals surface area contributed by atoms with Crippen LogP contribution in [-0.4, -0.2) is 10.2 Å². The van der Waals surface area contributed by atoms with E-state index in [-0.39, 0.29) is 11.7 Å². The smallest absolute Gasteiger partial charge is 0.263 e. The summed E-state index contributed by atoms with van der Waals surface area (Å²) in [4.78, 5) is 12.0. The molecule has 2 aromatic rings. The molecular formula is C14H8FNO2S2. The highest BCUT2D eigenvalue weighted by atomic mass is 32.2. The summed E-state index contributed by atoms with van der Waals surface area (Å²) in [5, 5.41) is 2.54. The Morgan fingerprint density at radius 1 is 1.20 bits per heavy atom. The monoisotopic (exact) mass is 305 g/mol. The molecule has 1 aliphatic rings. The van der Waals surface area contributed by atoms with Gasteiger partial charge in [-0.15, -0.1) is 0 Å². The van der Waals surface area contributed by atoms with Crippen LogP contribution >= 0.6 is 24.0 Å². The van der Waals surface area contributed by atoms with Crippen molar-refractivity contribution in [2.75, 3.05) is 0 Å². The van der Waals surface area contributed by atoms with E-state index < -0.39 is 0 Å². The number of rotatable bonds is 2. The van der Waals surface area contributed by atoms with Gasteiger partial charge in [0.25, 0.3) is 5.91 Å². The molecule has 20 heavy (non-hydrogen) atoms. The third kappa shape index (κ3) is 2.66. The first-order valence-electron chi connectivity index (χ1n) is 5.72. The molecule has 1 amide bonds. The fraction of sp³-hybridized carbons (Fsp3) is 0. The van der Waals surface area contributed by atoms with Gasteiger partial charge in [-0.2, -0.15) is 0 Å². The lowest BCUT2D eigenvalue weighted by Crippen LogP contribution is -2.17. The van der Waals surface area contributed by atoms with Crippen molar-refractivity contribution < 1.29 is 13.6 Å². The predicted molar refractivity (Wildman–Crippen MR) is 80.4 cm³/mol. The summed E-state index contributed by atoms with van der Waals surface area (Å²) >= 11 is 6.11. The molecule has 0 spiro atoms. The van der Waals surface area contributed by atoms with Crippen LogP contribution in [0.4, 0.5) is 4.39 Å². The van der Waals surface area contributed by atoms with Gasteiger partial charge in [0.2, 0.25) is 0 Å². The van der Waals surface area contributed by atoms with Gasteiger partial charge in [0.15, 0.2) is 0 Å². The molecule has 1 fully saturated rings. The first kappa shape index (κ1) is 13.1. The second-order valence-corrected chi connectivity index (χ2v) is 5.78. The highest BCUT2D eigenvalue weighted by molar-refractivity contribution is 8.26. The molecule has 3 nitrogen and oxygen atoms in total. The van der Waals surface area contributed by atoms with Crippen molar-refractivity contribution >= 4 is 40.3 Å². The van der Waals surface area contributed by atoms with E-state index in [1.54, 1.807) is 30.3 Å². The summed E-state index contributed by atoms with van der Waals surface area (Å²) in [7, 11) is 0. The van der Waals surface area contributed by atoms with E-state index in [9.17, 15) is 9.18 Å². The first-order chi connectivity index (χ1) is 9.61. The number of hydrogen-bond donors (Lipinski definition) is 1. The van der Waals surface area contributed by atoms with Crippen molar-refractivity contribution in [1.29, 1.82) is 0 Å². The summed E-state index contributed by atoms with van der Waals surface area (Å²) in [6, 6.07) is 9.54. The Hall–Kier alpha value is -1.92. The highest BCUT2D eigenvalue weighted by Crippen LogP contribution is 2.28. The Labute approximate surface area is 123 Å². The van der Waals surface area contributed by atoms with Crippen LogP contribution in [-0.2, 0) is 4.79 Å². The van der Waals surface area contributed by atoms with Crippen LogP contribution in [0.15, 0.2) is 45.7 Å². The number of furan rings is 1. The van der Waals surface area contributed by atoms with E-state index in [2.05, 4.69) is 5.32 Å². The van der Waals surface area contributed by atoms with E-state index in [1.807, 2.05) is 0 Å². The molecule has 0 radical (unpaired) electrons. The fourth-order valence-electron chi connectivity index (χ4n) is 1.75. The number of amides is 1. The highest BCUT2D eigenvalue weighted by Gasteiger charge is 2.22. The van der Waals surface area contributed by atoms with E-state index in [0.717, 1.165) is 5.56 Å². The molecule has 0 atom stereocenters. The molecule has 1 aromatic carbocycles. The first-order valence-corrected chi connectivity index (χ1v) is 6.95. The van der Waals surface area contributed by atoms with Gasteiger partial charge in [0.05, 0.1) is 4.91 Å². The lowest BCUT2D eigenvalue weighted by molar-refractivity contribution is -0.115. The number of benzene rings is 1. The van der Waals surface area contributed by atoms with Crippen LogP contribution in [0.1, 0.15) is 5.76 Å². The largest absolute Gasteiger partial charge is 0.457 e. The average molecular weight is 305 g/mol. The van der Waals surface area contributed by atoms with Crippen LogP contribution in [0.3, 0.4) is 0 Å². The molecule has 6 heteroatoms. The van der Waals surface area contributed by atoms with Crippen molar-refractivity contribution in [3.05, 3.63) is 52.9 Å². The van der Waals surface area contributed by atoms with Crippen LogP contribution in [0, 0.1) is 5.82 Å². The predicted octanol–water partition coefficient (Wildman–Crippen LogP) is 3.57. The normalized spacial score (nSPS) is 16.8. The number of halogens is 1. The zero-order valence-corrected chi connectivity index (χ0v) is 11.7. The van der Waals surface area contributed by atoms with Crippen LogP contribution in [0.5, 0.6) is 0 Å². The van der Waals surface area contributed by atoms with Crippen molar-refractivity contribution in [2.45, 2.75) is 0 Å². The lowest BCUT2D eigenvalue weighted by Gasteiger charge is -1.96. The summed E-state index contributed by atoms with van der Waals surface area (Å²) in [6.07, 6.45) is 1.63. The standard InChI is InChI=1S/C14H8FNO2S2/c15-9-3-1-8(2-4-9)11-6-5-10(18-11)7-12-13(17)16-14(19)20-12/h1-7H,(H,16,17,19). The lowest BCUT2D eigenvalue weighted by atomic mass is 10.2. The SMILES string of the molecule is O=C1NC(=S)SC1=Cc1ccc(-c2ccc(F)cc2)o1. The maximum absolute atomic E-state index is 12.9. The van der Waals surface area contributed by atoms with Crippen molar-refractivity contribution in [3.63, 3.8) is 0 Å². The Balaban J connectivity index is 1.87. The van der Waals surface area contributed by atoms with Crippen LogP contribution in [0.2, 0.25) is 0 Å². The summed E-state index contributed by atoms with van der Waals surface area (Å²) < 4.78 is 18.9. The van der Waals surface area contributed by atoms with Crippen molar-refractivity contribution in [1.82, 2.24) is 5.32 Å². The number of thiocarbonyl (C=S) groups is 1. The molecule has 100 valence electrons. The van der Waals surface area contributed by atoms with E-state index in [0.29, 0.717) is 20.7 Å². The number of nitrogens with one attached hydrogen (secondary N) is 1. The molecule has 1 N–H and O–H groups in total. The molecule has 1 aromatic heterocycles. The number of hydrogen-bond acceptors (Lipinski definition) is 4. The fourth-order valence-corrected chi connectivity index (χ4v) is 2.77. The Kier molecular flexibility index (Phi) is 3.42. The zero-order chi connectivity index (χ0) is 14.1. The minimum atomic E-state index is -0.296. The van der Waals surface area contributed by atoms with Gasteiger partial charge in [0.1, 0.15) is 21.7 Å². The van der Waals surface area contributed by atoms with Crippen LogP contribution in [0.25, 0.3) is 17.4 Å². The van der Waals surface area contributed by atoms with Crippen LogP contribution < -0.4 is 5.32 Å². The van der Waals surface area contributed by atoms with E-state index in [4.69, 9.17) is 16.6 Å². The average Bonchev–Trinajstić information content (AvgIpc) is 2.98. The molecule has 3 rings (SSSR count). The molecule has 0 bridgehead atoms. The summed E-state index contributed by atoms with van der Waals surface area (Å²) in [5.74, 6) is 0.643. The molecule has 0 unspecified atom stereocenters. The number of thioether (sulfide) groups is 1. The van der Waals surface area contributed by atoms with E-state index >= 15 is 0 Å². The maximum atomic E-state index is 12.9. The van der Waals surface area contributed by atoms with Crippen molar-refractivity contribution in [2.24, 2.45) is 0 Å². The molecule has 0 aliphatic carbocycles. The number of carbonyl (C=O) groups excluding carboxylic acids is 1. The third-order valence-electron chi connectivity index (χ3n) is 2.67. The Bertz CT molecular complexity index is 719. The second kappa shape index (κ2) is 5.22. The topological polar surface area (TPSA) is 42.2 Å². The molecule has 2 heterocycles. The summed E-state index contributed by atoms with van der Waals surface area (Å²) in [6.45, 7) is 0. The maximum Gasteiger partial charge on any atom is 0.263 e. The number of carbonyl (C=O) groups is 1. The van der Waals surface area contributed by atoms with Gasteiger partial charge < -0.3 is 9.73 Å². The summed E-state index contributed by atoms with van der Waals surface area (Å²) in [5.41, 5.74) is 0.773. The van der Waals surface area contributed by atoms with Crippen molar-refractivity contribution in [3.8, 4) is 11.3 Å². The zero-order valence-electron chi connectivity index (χ0n) is 10.1. The quantitative estimate of drug-likeness (QED) is 0.680. The second-order valence-electron chi connectivity index (χ2n) is 4.06. The van der Waals surface area contributed by atoms with E-state index in [1.165, 1.54) is 23.9 Å². The molecular weight excluding hydrogens is 297 g/mol. The minimum absolute atomic E-state index is 0.222. The minimum Gasteiger partial charge on any atom is -0.457 e. The van der Waals surface area contributed by atoms with Gasteiger partial charge in [-0.3, -0.25) is 4.79 Å². The molecule has 0 saturated carbocycles. The molecule has 1 saturated heterocycles. The van der Waals surface area contributed by atoms with Gasteiger partial charge in [0, 0.05) is 11.6 Å². The van der Waals surface area contributed by atoms with Gasteiger partial charge in [-0.25, -0.2) is 4.39 Å². The Morgan fingerprint density at radius 3 is 2.60 bits per heavy atom. The van der Waals surface area contributed by atoms with Gasteiger partial charge in [-0.05, 0) is 36.4 Å². The Morgan fingerprint density at radius 2 is 1.95 bits per heavy atom. The van der Waals surface area contributed by atoms with Gasteiger partial charge >= 0.3 is 0 Å². The molecule has 1 aliphatic heterocycles.